The summed E-state index contributed by atoms with van der Waals surface area (Å²) in [5.74, 6) is -1.23. The fourth-order valence-electron chi connectivity index (χ4n) is 4.42. The normalized spacial score (nSPS) is 21.7. The van der Waals surface area contributed by atoms with Crippen LogP contribution in [0.15, 0.2) is 24.3 Å². The highest BCUT2D eigenvalue weighted by molar-refractivity contribution is 6.00. The van der Waals surface area contributed by atoms with Crippen molar-refractivity contribution in [1.82, 2.24) is 15.5 Å². The van der Waals surface area contributed by atoms with Gasteiger partial charge in [0.2, 0.25) is 17.7 Å². The molecule has 33 heavy (non-hydrogen) atoms. The van der Waals surface area contributed by atoms with Crippen LogP contribution >= 0.6 is 0 Å². The molecular formula is C25H36N4O4. The minimum absolute atomic E-state index is 0.00577. The van der Waals surface area contributed by atoms with Crippen molar-refractivity contribution >= 4 is 23.6 Å². The van der Waals surface area contributed by atoms with Gasteiger partial charge >= 0.3 is 0 Å². The lowest BCUT2D eigenvalue weighted by atomic mass is 9.82. The van der Waals surface area contributed by atoms with Crippen LogP contribution in [-0.4, -0.2) is 53.7 Å². The average Bonchev–Trinajstić information content (AvgIpc) is 2.77. The van der Waals surface area contributed by atoms with Gasteiger partial charge in [-0.25, -0.2) is 0 Å². The van der Waals surface area contributed by atoms with Crippen LogP contribution in [0.5, 0.6) is 0 Å². The van der Waals surface area contributed by atoms with E-state index in [1.165, 1.54) is 4.90 Å². The van der Waals surface area contributed by atoms with Gasteiger partial charge in [0.05, 0.1) is 12.0 Å². The monoisotopic (exact) mass is 456 g/mol. The van der Waals surface area contributed by atoms with E-state index in [-0.39, 0.29) is 54.0 Å². The molecule has 2 fully saturated rings. The second kappa shape index (κ2) is 10.5. The van der Waals surface area contributed by atoms with Gasteiger partial charge in [0.25, 0.3) is 5.91 Å². The van der Waals surface area contributed by atoms with Gasteiger partial charge in [-0.1, -0.05) is 45.7 Å². The number of nitrogens with one attached hydrogen (secondary N) is 2. The maximum absolute atomic E-state index is 12.7. The smallest absolute Gasteiger partial charge is 0.251 e. The predicted octanol–water partition coefficient (Wildman–Crippen LogP) is 1.87. The fourth-order valence-corrected chi connectivity index (χ4v) is 4.42. The Bertz CT molecular complexity index is 891. The van der Waals surface area contributed by atoms with Crippen molar-refractivity contribution in [2.45, 2.75) is 76.8 Å². The molecule has 0 bridgehead atoms. The Morgan fingerprint density at radius 1 is 1.12 bits per heavy atom. The summed E-state index contributed by atoms with van der Waals surface area (Å²) in [7, 11) is 0. The molecule has 3 rings (SSSR count). The highest BCUT2D eigenvalue weighted by atomic mass is 16.2. The minimum atomic E-state index is -0.519. The lowest BCUT2D eigenvalue weighted by molar-refractivity contribution is -0.156. The third-order valence-electron chi connectivity index (χ3n) is 6.61. The van der Waals surface area contributed by atoms with Gasteiger partial charge in [-0.3, -0.25) is 24.1 Å². The van der Waals surface area contributed by atoms with Crippen LogP contribution in [0.25, 0.3) is 0 Å². The van der Waals surface area contributed by atoms with Crippen molar-refractivity contribution in [1.29, 1.82) is 0 Å². The summed E-state index contributed by atoms with van der Waals surface area (Å²) < 4.78 is 0. The third-order valence-corrected chi connectivity index (χ3v) is 6.61. The van der Waals surface area contributed by atoms with Gasteiger partial charge in [0.15, 0.2) is 0 Å². The molecule has 1 aromatic rings. The maximum Gasteiger partial charge on any atom is 0.251 e. The van der Waals surface area contributed by atoms with Crippen LogP contribution in [0.3, 0.4) is 0 Å². The first-order chi connectivity index (χ1) is 15.6. The van der Waals surface area contributed by atoms with E-state index in [1.807, 2.05) is 12.1 Å². The van der Waals surface area contributed by atoms with E-state index < -0.39 is 6.04 Å². The number of β-lactam (4-membered cyclic amide) rings is 1. The van der Waals surface area contributed by atoms with Crippen molar-refractivity contribution < 1.29 is 19.2 Å². The second-order valence-corrected chi connectivity index (χ2v) is 10.1. The number of hydrogen-bond acceptors (Lipinski definition) is 5. The van der Waals surface area contributed by atoms with E-state index in [9.17, 15) is 19.2 Å². The van der Waals surface area contributed by atoms with E-state index in [4.69, 9.17) is 5.73 Å². The van der Waals surface area contributed by atoms with Gasteiger partial charge in [-0.2, -0.15) is 0 Å². The van der Waals surface area contributed by atoms with Crippen LogP contribution in [0.4, 0.5) is 0 Å². The summed E-state index contributed by atoms with van der Waals surface area (Å²) in [6, 6.07) is 6.60. The Balaban J connectivity index is 1.55. The Morgan fingerprint density at radius 2 is 1.79 bits per heavy atom. The number of nitrogens with two attached hydrogens (primary N) is 1. The number of likely N-dealkylation sites (tertiary alicyclic amines) is 1. The molecule has 3 atom stereocenters. The van der Waals surface area contributed by atoms with Crippen LogP contribution in [-0.2, 0) is 19.8 Å². The largest absolute Gasteiger partial charge is 0.353 e. The molecule has 1 aromatic carbocycles. The number of carbonyl (C=O) groups is 4. The Kier molecular flexibility index (Phi) is 7.89. The molecule has 8 nitrogen and oxygen atoms in total. The highest BCUT2D eigenvalue weighted by Crippen LogP contribution is 2.28. The molecule has 1 saturated heterocycles. The van der Waals surface area contributed by atoms with Crippen molar-refractivity contribution in [2.24, 2.45) is 11.7 Å². The number of amides is 4. The number of imide groups is 1. The summed E-state index contributed by atoms with van der Waals surface area (Å²) in [6.45, 7) is 6.91. The van der Waals surface area contributed by atoms with Crippen molar-refractivity contribution in [3.8, 4) is 0 Å². The molecule has 180 valence electrons. The summed E-state index contributed by atoms with van der Waals surface area (Å²) in [5.41, 5.74) is 7.46. The number of carbonyl (C=O) groups excluding carboxylic acids is 4. The molecule has 1 aliphatic heterocycles. The molecule has 8 heteroatoms. The molecule has 4 N–H and O–H groups in total. The first kappa shape index (κ1) is 24.9. The third kappa shape index (κ3) is 6.19. The van der Waals surface area contributed by atoms with Gasteiger partial charge in [-0.05, 0) is 36.0 Å². The number of rotatable bonds is 7. The first-order valence-corrected chi connectivity index (χ1v) is 11.8. The molecule has 0 aromatic heterocycles. The average molecular weight is 457 g/mol. The first-order valence-electron chi connectivity index (χ1n) is 11.8. The van der Waals surface area contributed by atoms with Crippen molar-refractivity contribution in [3.05, 3.63) is 35.4 Å². The van der Waals surface area contributed by atoms with E-state index in [0.29, 0.717) is 31.4 Å². The maximum atomic E-state index is 12.7. The summed E-state index contributed by atoms with van der Waals surface area (Å²) in [6.07, 6.45) is 3.62. The zero-order valence-corrected chi connectivity index (χ0v) is 19.9. The Hall–Kier alpha value is -2.74. The van der Waals surface area contributed by atoms with Crippen molar-refractivity contribution in [3.63, 3.8) is 0 Å². The summed E-state index contributed by atoms with van der Waals surface area (Å²) >= 11 is 0. The zero-order chi connectivity index (χ0) is 24.2. The molecule has 2 aliphatic rings. The SMILES string of the molecule is CC(C)(C)c1ccc(C(=O)NC(CN)CC(=O)N[C@@H]2CCCC[C@@H]2C(=O)N2CCC2=O)cc1. The summed E-state index contributed by atoms with van der Waals surface area (Å²) in [4.78, 5) is 51.1. The molecule has 1 aliphatic carbocycles. The van der Waals surface area contributed by atoms with E-state index in [0.717, 1.165) is 18.4 Å². The highest BCUT2D eigenvalue weighted by Gasteiger charge is 2.39. The summed E-state index contributed by atoms with van der Waals surface area (Å²) in [5, 5.41) is 5.81. The van der Waals surface area contributed by atoms with Gasteiger partial charge < -0.3 is 16.4 Å². The molecule has 0 spiro atoms. The van der Waals surface area contributed by atoms with Crippen LogP contribution in [0.1, 0.15) is 75.2 Å². The minimum Gasteiger partial charge on any atom is -0.353 e. The Labute approximate surface area is 195 Å². The Morgan fingerprint density at radius 3 is 2.33 bits per heavy atom. The number of hydrogen-bond donors (Lipinski definition) is 3. The molecular weight excluding hydrogens is 420 g/mol. The van der Waals surface area contributed by atoms with Crippen molar-refractivity contribution in [2.75, 3.05) is 13.1 Å². The van der Waals surface area contributed by atoms with Crippen LogP contribution in [0, 0.1) is 5.92 Å². The van der Waals surface area contributed by atoms with E-state index in [1.54, 1.807) is 12.1 Å². The van der Waals surface area contributed by atoms with Crippen LogP contribution in [0.2, 0.25) is 0 Å². The molecule has 0 radical (unpaired) electrons. The fraction of sp³-hybridized carbons (Fsp3) is 0.600. The topological polar surface area (TPSA) is 122 Å². The number of benzene rings is 1. The zero-order valence-electron chi connectivity index (χ0n) is 19.9. The molecule has 4 amide bonds. The standard InChI is InChI=1S/C25H36N4O4/c1-25(2,3)17-10-8-16(9-11-17)23(32)27-18(15-26)14-21(30)28-20-7-5-4-6-19(20)24(33)29-13-12-22(29)31/h8-11,18-20H,4-7,12-15,26H2,1-3H3,(H,27,32)(H,28,30)/t18?,19-,20+/m0/s1. The predicted molar refractivity (Wildman–Crippen MR) is 125 cm³/mol. The molecule has 1 saturated carbocycles. The van der Waals surface area contributed by atoms with Gasteiger partial charge in [0, 0.05) is 37.5 Å². The lowest BCUT2D eigenvalue weighted by Crippen LogP contribution is -2.55. The number of nitrogens with zero attached hydrogens (tertiary/aromatic N) is 1. The van der Waals surface area contributed by atoms with Crippen LogP contribution < -0.4 is 16.4 Å². The quantitative estimate of drug-likeness (QED) is 0.427. The van der Waals surface area contributed by atoms with Gasteiger partial charge in [-0.15, -0.1) is 0 Å². The lowest BCUT2D eigenvalue weighted by Gasteiger charge is -2.37. The molecule has 1 heterocycles. The van der Waals surface area contributed by atoms with E-state index in [2.05, 4.69) is 31.4 Å². The van der Waals surface area contributed by atoms with E-state index >= 15 is 0 Å². The second-order valence-electron chi connectivity index (χ2n) is 10.1. The molecule has 1 unspecified atom stereocenters. The van der Waals surface area contributed by atoms with Gasteiger partial charge in [0.1, 0.15) is 0 Å².